The van der Waals surface area contributed by atoms with E-state index in [-0.39, 0.29) is 22.9 Å². The summed E-state index contributed by atoms with van der Waals surface area (Å²) in [5, 5.41) is 3.13. The van der Waals surface area contributed by atoms with E-state index >= 15 is 0 Å². The summed E-state index contributed by atoms with van der Waals surface area (Å²) in [5.74, 6) is -1.90. The Kier molecular flexibility index (Phi) is 7.94. The summed E-state index contributed by atoms with van der Waals surface area (Å²) in [7, 11) is -4.04. The number of halogens is 3. The molecule has 0 saturated carbocycles. The maximum absolute atomic E-state index is 13.4. The summed E-state index contributed by atoms with van der Waals surface area (Å²) in [6.45, 7) is -0.440. The van der Waals surface area contributed by atoms with Crippen molar-refractivity contribution < 1.29 is 27.1 Å². The fourth-order valence-electron chi connectivity index (χ4n) is 4.00. The van der Waals surface area contributed by atoms with Crippen molar-refractivity contribution in [2.75, 3.05) is 18.5 Å². The van der Waals surface area contributed by atoms with Crippen LogP contribution in [0.25, 0.3) is 0 Å². The van der Waals surface area contributed by atoms with E-state index in [0.29, 0.717) is 22.7 Å². The number of nitrogens with zero attached hydrogens (tertiary/aromatic N) is 1. The number of nitrogens with one attached hydrogen (secondary N) is 1. The van der Waals surface area contributed by atoms with Crippen molar-refractivity contribution in [3.63, 3.8) is 0 Å². The minimum atomic E-state index is -4.04. The van der Waals surface area contributed by atoms with Gasteiger partial charge in [0, 0.05) is 12.2 Å². The van der Waals surface area contributed by atoms with Crippen LogP contribution >= 0.6 is 23.2 Å². The van der Waals surface area contributed by atoms with Crippen molar-refractivity contribution in [3.8, 4) is 0 Å². The maximum atomic E-state index is 13.4. The molecule has 1 atom stereocenters. The van der Waals surface area contributed by atoms with Crippen LogP contribution in [0.5, 0.6) is 0 Å². The highest BCUT2D eigenvalue weighted by molar-refractivity contribution is 7.89. The Morgan fingerprint density at radius 3 is 2.47 bits per heavy atom. The summed E-state index contributed by atoms with van der Waals surface area (Å²) >= 11 is 11.8. The number of fused-ring (bicyclic) bond motifs is 1. The highest BCUT2D eigenvalue weighted by Crippen LogP contribution is 2.36. The van der Waals surface area contributed by atoms with Gasteiger partial charge in [0.1, 0.15) is 5.82 Å². The fraction of sp³-hybridized carbons (Fsp3) is 0.200. The smallest absolute Gasteiger partial charge is 0.308 e. The van der Waals surface area contributed by atoms with Crippen molar-refractivity contribution in [3.05, 3.63) is 93.7 Å². The van der Waals surface area contributed by atoms with Gasteiger partial charge in [0.05, 0.1) is 27.4 Å². The summed E-state index contributed by atoms with van der Waals surface area (Å²) in [4.78, 5) is 24.9. The number of anilines is 1. The zero-order valence-corrected chi connectivity index (χ0v) is 21.1. The molecular formula is C25H21Cl2FN2O5S. The molecule has 0 unspecified atom stereocenters. The minimum Gasteiger partial charge on any atom is -0.456 e. The van der Waals surface area contributed by atoms with E-state index < -0.39 is 40.4 Å². The standard InChI is InChI=1S/C25H21Cl2FN2O5S/c26-21-10-7-18(13-22(21)27)29-24(31)15-35-25(32)14-23-20-4-2-1-3-16(20)11-12-30(23)36(33,34)19-8-5-17(28)6-9-19/h1-10,13,23H,11-12,14-15H2,(H,29,31)/t23-/m1/s1. The van der Waals surface area contributed by atoms with Crippen molar-refractivity contribution in [2.45, 2.75) is 23.8 Å². The largest absolute Gasteiger partial charge is 0.456 e. The third-order valence-corrected chi connectivity index (χ3v) is 8.37. The number of esters is 1. The van der Waals surface area contributed by atoms with Crippen LogP contribution in [-0.4, -0.2) is 37.8 Å². The molecule has 1 aliphatic heterocycles. The molecule has 1 heterocycles. The molecule has 1 N–H and O–H groups in total. The molecule has 0 spiro atoms. The van der Waals surface area contributed by atoms with Crippen LogP contribution in [0.1, 0.15) is 23.6 Å². The second-order valence-electron chi connectivity index (χ2n) is 8.08. The summed E-state index contributed by atoms with van der Waals surface area (Å²) in [6, 6.07) is 15.4. The Hall–Kier alpha value is -2.98. The third kappa shape index (κ3) is 5.87. The van der Waals surface area contributed by atoms with E-state index in [9.17, 15) is 22.4 Å². The number of carbonyl (C=O) groups is 2. The molecule has 3 aromatic carbocycles. The average molecular weight is 551 g/mol. The third-order valence-electron chi connectivity index (χ3n) is 5.71. The van der Waals surface area contributed by atoms with Gasteiger partial charge in [-0.3, -0.25) is 9.59 Å². The van der Waals surface area contributed by atoms with E-state index in [1.165, 1.54) is 28.6 Å². The number of sulfonamides is 1. The van der Waals surface area contributed by atoms with E-state index in [0.717, 1.165) is 17.7 Å². The van der Waals surface area contributed by atoms with Crippen molar-refractivity contribution >= 4 is 50.8 Å². The molecule has 3 aromatic rings. The molecule has 0 radical (unpaired) electrons. The van der Waals surface area contributed by atoms with Gasteiger partial charge in [-0.25, -0.2) is 12.8 Å². The maximum Gasteiger partial charge on any atom is 0.308 e. The Balaban J connectivity index is 1.49. The number of benzene rings is 3. The second kappa shape index (κ2) is 11.0. The first-order valence-corrected chi connectivity index (χ1v) is 13.1. The lowest BCUT2D eigenvalue weighted by atomic mass is 9.92. The molecule has 0 bridgehead atoms. The first-order valence-electron chi connectivity index (χ1n) is 10.9. The lowest BCUT2D eigenvalue weighted by Gasteiger charge is -2.36. The van der Waals surface area contributed by atoms with Crippen LogP contribution in [0.4, 0.5) is 10.1 Å². The summed E-state index contributed by atoms with van der Waals surface area (Å²) in [6.07, 6.45) is 0.145. The van der Waals surface area contributed by atoms with Crippen molar-refractivity contribution in [1.29, 1.82) is 0 Å². The van der Waals surface area contributed by atoms with E-state index in [4.69, 9.17) is 27.9 Å². The highest BCUT2D eigenvalue weighted by Gasteiger charge is 2.37. The lowest BCUT2D eigenvalue weighted by Crippen LogP contribution is -2.41. The number of amides is 1. The number of hydrogen-bond donors (Lipinski definition) is 1. The lowest BCUT2D eigenvalue weighted by molar-refractivity contribution is -0.148. The second-order valence-corrected chi connectivity index (χ2v) is 10.8. The van der Waals surface area contributed by atoms with Crippen LogP contribution < -0.4 is 5.32 Å². The van der Waals surface area contributed by atoms with Crippen LogP contribution in [0.2, 0.25) is 10.0 Å². The molecule has 4 rings (SSSR count). The Morgan fingerprint density at radius 1 is 1.03 bits per heavy atom. The van der Waals surface area contributed by atoms with Gasteiger partial charge in [0.15, 0.2) is 6.61 Å². The minimum absolute atomic E-state index is 0.0809. The molecule has 7 nitrogen and oxygen atoms in total. The average Bonchev–Trinajstić information content (AvgIpc) is 2.85. The predicted molar refractivity (Wildman–Crippen MR) is 134 cm³/mol. The van der Waals surface area contributed by atoms with Crippen molar-refractivity contribution in [1.82, 2.24) is 4.31 Å². The zero-order valence-electron chi connectivity index (χ0n) is 18.8. The molecule has 188 valence electrons. The monoisotopic (exact) mass is 550 g/mol. The van der Waals surface area contributed by atoms with Gasteiger partial charge in [-0.1, -0.05) is 47.5 Å². The van der Waals surface area contributed by atoms with Crippen LogP contribution in [0, 0.1) is 5.82 Å². The summed E-state index contributed by atoms with van der Waals surface area (Å²) in [5.41, 5.74) is 1.97. The van der Waals surface area contributed by atoms with Crippen LogP contribution in [0.15, 0.2) is 71.6 Å². The van der Waals surface area contributed by atoms with Gasteiger partial charge in [-0.05, 0) is 60.0 Å². The topological polar surface area (TPSA) is 92.8 Å². The normalized spacial score (nSPS) is 15.7. The van der Waals surface area contributed by atoms with E-state index in [1.54, 1.807) is 18.2 Å². The van der Waals surface area contributed by atoms with Gasteiger partial charge in [0.2, 0.25) is 10.0 Å². The predicted octanol–water partition coefficient (Wildman–Crippen LogP) is 4.99. The Bertz CT molecular complexity index is 1400. The molecule has 1 amide bonds. The molecule has 11 heteroatoms. The highest BCUT2D eigenvalue weighted by atomic mass is 35.5. The van der Waals surface area contributed by atoms with Crippen LogP contribution in [0.3, 0.4) is 0 Å². The van der Waals surface area contributed by atoms with Gasteiger partial charge >= 0.3 is 5.97 Å². The first-order chi connectivity index (χ1) is 17.1. The fourth-order valence-corrected chi connectivity index (χ4v) is 5.91. The van der Waals surface area contributed by atoms with Gasteiger partial charge in [-0.15, -0.1) is 0 Å². The number of hydrogen-bond acceptors (Lipinski definition) is 5. The first kappa shape index (κ1) is 26.1. The Morgan fingerprint density at radius 2 is 1.75 bits per heavy atom. The number of ether oxygens (including phenoxy) is 1. The van der Waals surface area contributed by atoms with Gasteiger partial charge < -0.3 is 10.1 Å². The molecule has 0 saturated heterocycles. The van der Waals surface area contributed by atoms with Crippen molar-refractivity contribution in [2.24, 2.45) is 0 Å². The SMILES string of the molecule is O=C(COC(=O)C[C@@H]1c2ccccc2CCN1S(=O)(=O)c1ccc(F)cc1)Nc1ccc(Cl)c(Cl)c1. The van der Waals surface area contributed by atoms with Gasteiger partial charge in [0.25, 0.3) is 5.91 Å². The molecule has 1 aliphatic rings. The Labute approximate surface area is 217 Å². The number of rotatable bonds is 7. The van der Waals surface area contributed by atoms with E-state index in [1.807, 2.05) is 12.1 Å². The van der Waals surface area contributed by atoms with Gasteiger partial charge in [-0.2, -0.15) is 4.31 Å². The molecular weight excluding hydrogens is 530 g/mol. The summed E-state index contributed by atoms with van der Waals surface area (Å²) < 4.78 is 46.5. The van der Waals surface area contributed by atoms with E-state index in [2.05, 4.69) is 5.32 Å². The van der Waals surface area contributed by atoms with Crippen LogP contribution in [-0.2, 0) is 30.8 Å². The molecule has 0 aliphatic carbocycles. The molecule has 36 heavy (non-hydrogen) atoms. The number of carbonyl (C=O) groups excluding carboxylic acids is 2. The molecule has 0 fully saturated rings. The quantitative estimate of drug-likeness (QED) is 0.418. The molecule has 0 aromatic heterocycles. The zero-order chi connectivity index (χ0) is 25.9.